The average molecular weight is 207 g/mol. The minimum Gasteiger partial charge on any atom is -0.373 e. The van der Waals surface area contributed by atoms with Crippen LogP contribution < -0.4 is 11.1 Å². The van der Waals surface area contributed by atoms with Crippen molar-refractivity contribution in [3.63, 3.8) is 0 Å². The van der Waals surface area contributed by atoms with Crippen LogP contribution in [0.25, 0.3) is 0 Å². The zero-order valence-corrected chi connectivity index (χ0v) is 9.25. The molecule has 2 rings (SSSR count). The average Bonchev–Trinajstić information content (AvgIpc) is 2.40. The Morgan fingerprint density at radius 3 is 2.73 bits per heavy atom. The Kier molecular flexibility index (Phi) is 2.73. The summed E-state index contributed by atoms with van der Waals surface area (Å²) in [5, 5.41) is 3.09. The molecule has 82 valence electrons. The van der Waals surface area contributed by atoms with Gasteiger partial charge in [0.05, 0.1) is 5.69 Å². The van der Waals surface area contributed by atoms with Gasteiger partial charge in [-0.1, -0.05) is 0 Å². The van der Waals surface area contributed by atoms with E-state index in [-0.39, 0.29) is 0 Å². The van der Waals surface area contributed by atoms with Crippen molar-refractivity contribution in [1.29, 1.82) is 0 Å². The molecule has 0 radical (unpaired) electrons. The number of hydrogen-bond acceptors (Lipinski definition) is 5. The third-order valence-electron chi connectivity index (χ3n) is 2.82. The number of hydrogen-bond donors (Lipinski definition) is 2. The maximum atomic E-state index is 5.67. The fraction of sp³-hybridized carbons (Fsp3) is 0.600. The molecule has 0 spiro atoms. The van der Waals surface area contributed by atoms with Gasteiger partial charge in [0.2, 0.25) is 5.95 Å². The first kappa shape index (κ1) is 10.2. The van der Waals surface area contributed by atoms with Gasteiger partial charge in [0.1, 0.15) is 5.82 Å². The Labute approximate surface area is 89.7 Å². The highest BCUT2D eigenvalue weighted by Crippen LogP contribution is 2.21. The van der Waals surface area contributed by atoms with Crippen LogP contribution in [0.4, 0.5) is 11.8 Å². The molecule has 2 heterocycles. The number of fused-ring (bicyclic) bond motifs is 1. The zero-order valence-electron chi connectivity index (χ0n) is 9.25. The van der Waals surface area contributed by atoms with Crippen molar-refractivity contribution in [2.75, 3.05) is 38.2 Å². The van der Waals surface area contributed by atoms with E-state index in [0.717, 1.165) is 37.4 Å². The molecule has 0 unspecified atom stereocenters. The molecular formula is C10H17N5. The van der Waals surface area contributed by atoms with Crippen molar-refractivity contribution in [3.05, 3.63) is 11.3 Å². The lowest BCUT2D eigenvalue weighted by Crippen LogP contribution is -2.20. The number of nitrogen functional groups attached to an aromatic ring is 1. The standard InChI is InChI=1S/C10H17N5/c1-12-9-7-3-5-15(2)6-4-8(7)13-10(11)14-9/h3-6H2,1-2H3,(H3,11,12,13,14). The van der Waals surface area contributed by atoms with Crippen molar-refractivity contribution in [3.8, 4) is 0 Å². The highest BCUT2D eigenvalue weighted by Gasteiger charge is 2.16. The fourth-order valence-electron chi connectivity index (χ4n) is 1.94. The van der Waals surface area contributed by atoms with Gasteiger partial charge in [0, 0.05) is 32.1 Å². The summed E-state index contributed by atoms with van der Waals surface area (Å²) in [6, 6.07) is 0. The number of likely N-dealkylation sites (N-methyl/N-ethyl adjacent to an activating group) is 1. The largest absolute Gasteiger partial charge is 0.373 e. The second kappa shape index (κ2) is 4.02. The van der Waals surface area contributed by atoms with Crippen LogP contribution in [0.3, 0.4) is 0 Å². The van der Waals surface area contributed by atoms with Crippen LogP contribution in [-0.2, 0) is 12.8 Å². The number of rotatable bonds is 1. The number of anilines is 2. The number of nitrogens with zero attached hydrogens (tertiary/aromatic N) is 3. The first-order valence-electron chi connectivity index (χ1n) is 5.22. The van der Waals surface area contributed by atoms with E-state index in [0.29, 0.717) is 5.95 Å². The number of aromatic nitrogens is 2. The van der Waals surface area contributed by atoms with Crippen LogP contribution in [0.15, 0.2) is 0 Å². The predicted octanol–water partition coefficient (Wildman–Crippen LogP) is 0.131. The van der Waals surface area contributed by atoms with Crippen LogP contribution in [0.1, 0.15) is 11.3 Å². The monoisotopic (exact) mass is 207 g/mol. The van der Waals surface area contributed by atoms with Gasteiger partial charge in [0.15, 0.2) is 0 Å². The van der Waals surface area contributed by atoms with E-state index in [2.05, 4.69) is 27.2 Å². The topological polar surface area (TPSA) is 67.1 Å². The zero-order chi connectivity index (χ0) is 10.8. The molecule has 15 heavy (non-hydrogen) atoms. The molecular weight excluding hydrogens is 190 g/mol. The minimum absolute atomic E-state index is 0.364. The van der Waals surface area contributed by atoms with E-state index in [1.54, 1.807) is 0 Å². The van der Waals surface area contributed by atoms with Gasteiger partial charge >= 0.3 is 0 Å². The number of nitrogens with one attached hydrogen (secondary N) is 1. The van der Waals surface area contributed by atoms with Gasteiger partial charge in [-0.2, -0.15) is 4.98 Å². The van der Waals surface area contributed by atoms with Crippen LogP contribution >= 0.6 is 0 Å². The molecule has 5 nitrogen and oxygen atoms in total. The normalized spacial score (nSPS) is 16.9. The van der Waals surface area contributed by atoms with E-state index >= 15 is 0 Å². The maximum absolute atomic E-state index is 5.67. The molecule has 1 aromatic rings. The van der Waals surface area contributed by atoms with Gasteiger partial charge in [-0.15, -0.1) is 0 Å². The third kappa shape index (κ3) is 2.02. The summed E-state index contributed by atoms with van der Waals surface area (Å²) < 4.78 is 0. The van der Waals surface area contributed by atoms with Crippen LogP contribution in [0.5, 0.6) is 0 Å². The Hall–Kier alpha value is -1.36. The van der Waals surface area contributed by atoms with Crippen molar-refractivity contribution >= 4 is 11.8 Å². The first-order chi connectivity index (χ1) is 7.20. The van der Waals surface area contributed by atoms with Gasteiger partial charge in [-0.05, 0) is 13.5 Å². The number of nitrogens with two attached hydrogens (primary N) is 1. The molecule has 1 aliphatic rings. The summed E-state index contributed by atoms with van der Waals surface area (Å²) in [6.07, 6.45) is 1.94. The van der Waals surface area contributed by atoms with Crippen molar-refractivity contribution in [1.82, 2.24) is 14.9 Å². The molecule has 0 aromatic carbocycles. The van der Waals surface area contributed by atoms with Gasteiger partial charge in [-0.25, -0.2) is 4.98 Å². The Balaban J connectivity index is 2.41. The molecule has 5 heteroatoms. The first-order valence-corrected chi connectivity index (χ1v) is 5.22. The molecule has 0 saturated heterocycles. The summed E-state index contributed by atoms with van der Waals surface area (Å²) in [5.74, 6) is 1.25. The van der Waals surface area contributed by atoms with Crippen LogP contribution in [-0.4, -0.2) is 42.1 Å². The molecule has 0 amide bonds. The Morgan fingerprint density at radius 1 is 1.27 bits per heavy atom. The van der Waals surface area contributed by atoms with Crippen LogP contribution in [0.2, 0.25) is 0 Å². The van der Waals surface area contributed by atoms with E-state index in [4.69, 9.17) is 5.73 Å². The smallest absolute Gasteiger partial charge is 0.222 e. The lowest BCUT2D eigenvalue weighted by molar-refractivity contribution is 0.352. The van der Waals surface area contributed by atoms with Crippen molar-refractivity contribution in [2.45, 2.75) is 12.8 Å². The fourth-order valence-corrected chi connectivity index (χ4v) is 1.94. The van der Waals surface area contributed by atoms with Gasteiger partial charge in [0.25, 0.3) is 0 Å². The van der Waals surface area contributed by atoms with E-state index in [9.17, 15) is 0 Å². The third-order valence-corrected chi connectivity index (χ3v) is 2.82. The molecule has 1 aliphatic heterocycles. The lowest BCUT2D eigenvalue weighted by Gasteiger charge is -2.11. The summed E-state index contributed by atoms with van der Waals surface area (Å²) in [5.41, 5.74) is 7.98. The maximum Gasteiger partial charge on any atom is 0.222 e. The molecule has 0 saturated carbocycles. The van der Waals surface area contributed by atoms with E-state index < -0.39 is 0 Å². The predicted molar refractivity (Wildman–Crippen MR) is 60.9 cm³/mol. The summed E-state index contributed by atoms with van der Waals surface area (Å²) in [7, 11) is 4.00. The summed E-state index contributed by atoms with van der Waals surface area (Å²) in [4.78, 5) is 10.8. The highest BCUT2D eigenvalue weighted by molar-refractivity contribution is 5.49. The van der Waals surface area contributed by atoms with E-state index in [1.807, 2.05) is 7.05 Å². The Bertz CT molecular complexity index is 363. The molecule has 3 N–H and O–H groups in total. The lowest BCUT2D eigenvalue weighted by atomic mass is 10.1. The second-order valence-electron chi connectivity index (χ2n) is 3.91. The second-order valence-corrected chi connectivity index (χ2v) is 3.91. The molecule has 0 fully saturated rings. The highest BCUT2D eigenvalue weighted by atomic mass is 15.1. The summed E-state index contributed by atoms with van der Waals surface area (Å²) >= 11 is 0. The SMILES string of the molecule is CNc1nc(N)nc2c1CCN(C)CC2. The molecule has 1 aromatic heterocycles. The Morgan fingerprint density at radius 2 is 2.00 bits per heavy atom. The quantitative estimate of drug-likeness (QED) is 0.685. The van der Waals surface area contributed by atoms with Crippen molar-refractivity contribution < 1.29 is 0 Å². The molecule has 0 bridgehead atoms. The van der Waals surface area contributed by atoms with Crippen LogP contribution in [0, 0.1) is 0 Å². The van der Waals surface area contributed by atoms with Gasteiger partial charge in [-0.3, -0.25) is 0 Å². The van der Waals surface area contributed by atoms with E-state index in [1.165, 1.54) is 5.56 Å². The summed E-state index contributed by atoms with van der Waals surface area (Å²) in [6.45, 7) is 2.08. The molecule has 0 atom stereocenters. The van der Waals surface area contributed by atoms with Crippen molar-refractivity contribution in [2.24, 2.45) is 0 Å². The molecule has 0 aliphatic carbocycles. The van der Waals surface area contributed by atoms with Gasteiger partial charge < -0.3 is 16.0 Å². The minimum atomic E-state index is 0.364.